The second-order valence-electron chi connectivity index (χ2n) is 7.03. The van der Waals surface area contributed by atoms with Crippen LogP contribution < -0.4 is 10.1 Å². The molecule has 1 heterocycles. The third-order valence-electron chi connectivity index (χ3n) is 5.17. The molecule has 2 aromatic rings. The van der Waals surface area contributed by atoms with Crippen LogP contribution in [0.5, 0.6) is 5.75 Å². The van der Waals surface area contributed by atoms with E-state index in [-0.39, 0.29) is 35.4 Å². The van der Waals surface area contributed by atoms with Crippen molar-refractivity contribution >= 4 is 39.2 Å². The van der Waals surface area contributed by atoms with E-state index in [0.717, 1.165) is 0 Å². The predicted molar refractivity (Wildman–Crippen MR) is 116 cm³/mol. The van der Waals surface area contributed by atoms with Gasteiger partial charge in [0.05, 0.1) is 35.4 Å². The first-order chi connectivity index (χ1) is 14.8. The van der Waals surface area contributed by atoms with E-state index in [4.69, 9.17) is 16.3 Å². The lowest BCUT2D eigenvalue weighted by molar-refractivity contribution is -0.120. The average Bonchev–Trinajstić information content (AvgIpc) is 2.80. The lowest BCUT2D eigenvalue weighted by Crippen LogP contribution is -2.41. The van der Waals surface area contributed by atoms with Gasteiger partial charge in [0.25, 0.3) is 0 Å². The standard InChI is InChI=1S/C21H23ClN2O6S/c1-29-16-4-6-17(7-5-16)31(27,28)24-11-9-14(10-12-24)20(25)23-19-13-15(21(26)30-2)3-8-18(19)22/h3-8,13-14H,9-12H2,1-2H3,(H,23,25). The summed E-state index contributed by atoms with van der Waals surface area (Å²) in [6.45, 7) is 0.449. The fourth-order valence-electron chi connectivity index (χ4n) is 3.36. The molecule has 2 aromatic carbocycles. The van der Waals surface area contributed by atoms with Crippen LogP contribution in [0.1, 0.15) is 23.2 Å². The molecule has 1 aliphatic heterocycles. The van der Waals surface area contributed by atoms with E-state index in [0.29, 0.717) is 29.3 Å². The number of nitrogens with one attached hydrogen (secondary N) is 1. The Hall–Kier alpha value is -2.62. The second kappa shape index (κ2) is 9.67. The van der Waals surface area contributed by atoms with Crippen molar-refractivity contribution in [3.8, 4) is 5.75 Å². The number of halogens is 1. The molecule has 0 unspecified atom stereocenters. The first kappa shape index (κ1) is 23.1. The zero-order chi connectivity index (χ0) is 22.6. The van der Waals surface area contributed by atoms with Crippen molar-refractivity contribution in [3.05, 3.63) is 53.1 Å². The third-order valence-corrected chi connectivity index (χ3v) is 7.41. The van der Waals surface area contributed by atoms with Gasteiger partial charge in [-0.05, 0) is 55.3 Å². The largest absolute Gasteiger partial charge is 0.497 e. The molecule has 0 spiro atoms. The predicted octanol–water partition coefficient (Wildman–Crippen LogP) is 3.17. The second-order valence-corrected chi connectivity index (χ2v) is 9.37. The molecular formula is C21H23ClN2O6S. The van der Waals surface area contributed by atoms with Gasteiger partial charge in [0.2, 0.25) is 15.9 Å². The number of benzene rings is 2. The van der Waals surface area contributed by atoms with Crippen molar-refractivity contribution in [2.24, 2.45) is 5.92 Å². The van der Waals surface area contributed by atoms with E-state index >= 15 is 0 Å². The average molecular weight is 467 g/mol. The molecule has 10 heteroatoms. The Kier molecular flexibility index (Phi) is 7.19. The highest BCUT2D eigenvalue weighted by Gasteiger charge is 2.32. The van der Waals surface area contributed by atoms with E-state index in [2.05, 4.69) is 10.1 Å². The maximum absolute atomic E-state index is 12.9. The summed E-state index contributed by atoms with van der Waals surface area (Å²) in [5, 5.41) is 3.03. The van der Waals surface area contributed by atoms with Gasteiger partial charge in [-0.25, -0.2) is 13.2 Å². The van der Waals surface area contributed by atoms with Crippen molar-refractivity contribution in [3.63, 3.8) is 0 Å². The van der Waals surface area contributed by atoms with E-state index in [1.807, 2.05) is 0 Å². The fourth-order valence-corrected chi connectivity index (χ4v) is 4.99. The van der Waals surface area contributed by atoms with Gasteiger partial charge in [-0.15, -0.1) is 0 Å². The van der Waals surface area contributed by atoms with Crippen LogP contribution >= 0.6 is 11.6 Å². The maximum atomic E-state index is 12.9. The van der Waals surface area contributed by atoms with E-state index in [1.165, 1.54) is 48.9 Å². The monoisotopic (exact) mass is 466 g/mol. The molecule has 0 aliphatic carbocycles. The Balaban J connectivity index is 1.64. The Morgan fingerprint density at radius 3 is 2.29 bits per heavy atom. The summed E-state index contributed by atoms with van der Waals surface area (Å²) in [7, 11) is -0.867. The molecule has 0 aromatic heterocycles. The highest BCUT2D eigenvalue weighted by molar-refractivity contribution is 7.89. The first-order valence-corrected chi connectivity index (χ1v) is 11.4. The number of methoxy groups -OCH3 is 2. The van der Waals surface area contributed by atoms with Crippen LogP contribution in [0, 0.1) is 5.92 Å². The van der Waals surface area contributed by atoms with E-state index in [1.54, 1.807) is 12.1 Å². The minimum atomic E-state index is -3.65. The number of sulfonamides is 1. The number of anilines is 1. The number of hydrogen-bond donors (Lipinski definition) is 1. The molecule has 1 N–H and O–H groups in total. The van der Waals surface area contributed by atoms with Gasteiger partial charge < -0.3 is 14.8 Å². The van der Waals surface area contributed by atoms with Crippen molar-refractivity contribution in [1.82, 2.24) is 4.31 Å². The topological polar surface area (TPSA) is 102 Å². The summed E-state index contributed by atoms with van der Waals surface area (Å²) in [6.07, 6.45) is 0.741. The number of nitrogens with zero attached hydrogens (tertiary/aromatic N) is 1. The Bertz CT molecular complexity index is 1060. The highest BCUT2D eigenvalue weighted by Crippen LogP contribution is 2.28. The lowest BCUT2D eigenvalue weighted by Gasteiger charge is -2.30. The smallest absolute Gasteiger partial charge is 0.337 e. The molecule has 0 radical (unpaired) electrons. The summed E-state index contributed by atoms with van der Waals surface area (Å²) in [5.41, 5.74) is 0.574. The Morgan fingerprint density at radius 1 is 1.06 bits per heavy atom. The van der Waals surface area contributed by atoms with Gasteiger partial charge in [0, 0.05) is 19.0 Å². The minimum Gasteiger partial charge on any atom is -0.497 e. The fraction of sp³-hybridized carbons (Fsp3) is 0.333. The number of piperidine rings is 1. The summed E-state index contributed by atoms with van der Waals surface area (Å²) >= 11 is 6.14. The Morgan fingerprint density at radius 2 is 1.71 bits per heavy atom. The lowest BCUT2D eigenvalue weighted by atomic mass is 9.97. The van der Waals surface area contributed by atoms with Crippen LogP contribution in [0.4, 0.5) is 5.69 Å². The number of amides is 1. The van der Waals surface area contributed by atoms with Crippen LogP contribution in [-0.2, 0) is 19.6 Å². The van der Waals surface area contributed by atoms with Gasteiger partial charge in [-0.1, -0.05) is 11.6 Å². The molecule has 0 bridgehead atoms. The zero-order valence-electron chi connectivity index (χ0n) is 17.1. The van der Waals surface area contributed by atoms with Crippen molar-refractivity contribution < 1.29 is 27.5 Å². The van der Waals surface area contributed by atoms with Gasteiger partial charge in [0.15, 0.2) is 0 Å². The van der Waals surface area contributed by atoms with Crippen molar-refractivity contribution in [2.75, 3.05) is 32.6 Å². The number of carbonyl (C=O) groups excluding carboxylic acids is 2. The van der Waals surface area contributed by atoms with Gasteiger partial charge in [0.1, 0.15) is 5.75 Å². The summed E-state index contributed by atoms with van der Waals surface area (Å²) in [4.78, 5) is 24.6. The normalized spacial score (nSPS) is 15.3. The molecule has 1 saturated heterocycles. The molecule has 0 saturated carbocycles. The van der Waals surface area contributed by atoms with Crippen LogP contribution in [0.3, 0.4) is 0 Å². The van der Waals surface area contributed by atoms with E-state index in [9.17, 15) is 18.0 Å². The Labute approximate surface area is 186 Å². The number of carbonyl (C=O) groups is 2. The van der Waals surface area contributed by atoms with Gasteiger partial charge in [-0.2, -0.15) is 4.31 Å². The molecule has 1 amide bonds. The third kappa shape index (κ3) is 5.17. The summed E-state index contributed by atoms with van der Waals surface area (Å²) < 4.78 is 36.8. The summed E-state index contributed by atoms with van der Waals surface area (Å²) in [5.74, 6) is -0.612. The zero-order valence-corrected chi connectivity index (χ0v) is 18.7. The molecule has 1 aliphatic rings. The van der Waals surface area contributed by atoms with Crippen LogP contribution in [0.2, 0.25) is 5.02 Å². The quantitative estimate of drug-likeness (QED) is 0.656. The molecule has 0 atom stereocenters. The number of hydrogen-bond acceptors (Lipinski definition) is 6. The summed E-state index contributed by atoms with van der Waals surface area (Å²) in [6, 6.07) is 10.7. The number of rotatable bonds is 6. The SMILES string of the molecule is COC(=O)c1ccc(Cl)c(NC(=O)C2CCN(S(=O)(=O)c3ccc(OC)cc3)CC2)c1. The number of esters is 1. The van der Waals surface area contributed by atoms with Crippen LogP contribution in [0.15, 0.2) is 47.4 Å². The van der Waals surface area contributed by atoms with Crippen LogP contribution in [0.25, 0.3) is 0 Å². The van der Waals surface area contributed by atoms with Crippen LogP contribution in [-0.4, -0.2) is 51.9 Å². The highest BCUT2D eigenvalue weighted by atomic mass is 35.5. The van der Waals surface area contributed by atoms with Crippen molar-refractivity contribution in [2.45, 2.75) is 17.7 Å². The van der Waals surface area contributed by atoms with Gasteiger partial charge >= 0.3 is 5.97 Å². The number of ether oxygens (including phenoxy) is 2. The molecule has 1 fully saturated rings. The molecular weight excluding hydrogens is 444 g/mol. The maximum Gasteiger partial charge on any atom is 0.337 e. The van der Waals surface area contributed by atoms with Gasteiger partial charge in [-0.3, -0.25) is 4.79 Å². The van der Waals surface area contributed by atoms with E-state index < -0.39 is 16.0 Å². The van der Waals surface area contributed by atoms with Crippen molar-refractivity contribution in [1.29, 1.82) is 0 Å². The molecule has 31 heavy (non-hydrogen) atoms. The first-order valence-electron chi connectivity index (χ1n) is 9.59. The molecule has 8 nitrogen and oxygen atoms in total. The molecule has 3 rings (SSSR count). The minimum absolute atomic E-state index is 0.183. The molecule has 166 valence electrons.